The standard InChI is InChI=1S/C13H7BrFN3O2/c14-11-4-2-9(15)5-12(11)17-10-3-1-8(7-16)13(6-10)18(19)20/h1-6,17H. The summed E-state index contributed by atoms with van der Waals surface area (Å²) in [5.74, 6) is -0.432. The largest absolute Gasteiger partial charge is 0.354 e. The predicted molar refractivity (Wildman–Crippen MR) is 75.2 cm³/mol. The summed E-state index contributed by atoms with van der Waals surface area (Å²) >= 11 is 3.25. The quantitative estimate of drug-likeness (QED) is 0.676. The van der Waals surface area contributed by atoms with E-state index in [1.54, 1.807) is 6.07 Å². The van der Waals surface area contributed by atoms with Crippen molar-refractivity contribution in [3.63, 3.8) is 0 Å². The van der Waals surface area contributed by atoms with Gasteiger partial charge in [0.05, 0.1) is 10.6 Å². The van der Waals surface area contributed by atoms with Gasteiger partial charge in [-0.25, -0.2) is 4.39 Å². The predicted octanol–water partition coefficient (Wildman–Crippen LogP) is 4.11. The molecule has 0 radical (unpaired) electrons. The number of anilines is 2. The average molecular weight is 336 g/mol. The zero-order valence-corrected chi connectivity index (χ0v) is 11.5. The van der Waals surface area contributed by atoms with Gasteiger partial charge < -0.3 is 5.32 Å². The maximum Gasteiger partial charge on any atom is 0.289 e. The number of rotatable bonds is 3. The first kappa shape index (κ1) is 14.0. The van der Waals surface area contributed by atoms with E-state index in [0.29, 0.717) is 15.8 Å². The number of benzene rings is 2. The Morgan fingerprint density at radius 2 is 2.05 bits per heavy atom. The molecule has 2 aromatic rings. The topological polar surface area (TPSA) is 79.0 Å². The number of nitrogens with one attached hydrogen (secondary N) is 1. The van der Waals surface area contributed by atoms with E-state index in [-0.39, 0.29) is 11.3 Å². The first-order chi connectivity index (χ1) is 9.51. The molecule has 0 unspecified atom stereocenters. The van der Waals surface area contributed by atoms with Gasteiger partial charge in [-0.15, -0.1) is 0 Å². The number of halogens is 2. The molecule has 0 saturated heterocycles. The lowest BCUT2D eigenvalue weighted by Crippen LogP contribution is -1.96. The Morgan fingerprint density at radius 3 is 2.70 bits per heavy atom. The normalized spacial score (nSPS) is 9.85. The van der Waals surface area contributed by atoms with Crippen LogP contribution in [0.1, 0.15) is 5.56 Å². The number of nitriles is 1. The summed E-state index contributed by atoms with van der Waals surface area (Å²) in [7, 11) is 0. The fourth-order valence-electron chi connectivity index (χ4n) is 1.60. The molecule has 2 rings (SSSR count). The Balaban J connectivity index is 2.40. The molecule has 1 N–H and O–H groups in total. The first-order valence-corrected chi connectivity index (χ1v) is 6.21. The molecule has 0 aliphatic heterocycles. The molecule has 100 valence electrons. The molecule has 0 saturated carbocycles. The van der Waals surface area contributed by atoms with Gasteiger partial charge in [0.1, 0.15) is 17.4 Å². The summed E-state index contributed by atoms with van der Waals surface area (Å²) < 4.78 is 13.8. The lowest BCUT2D eigenvalue weighted by Gasteiger charge is -2.09. The van der Waals surface area contributed by atoms with Gasteiger partial charge in [0.2, 0.25) is 0 Å². The maximum absolute atomic E-state index is 13.2. The van der Waals surface area contributed by atoms with Gasteiger partial charge in [-0.3, -0.25) is 10.1 Å². The van der Waals surface area contributed by atoms with E-state index < -0.39 is 10.7 Å². The summed E-state index contributed by atoms with van der Waals surface area (Å²) in [5.41, 5.74) is 0.495. The fourth-order valence-corrected chi connectivity index (χ4v) is 1.95. The van der Waals surface area contributed by atoms with Gasteiger partial charge in [-0.1, -0.05) is 0 Å². The lowest BCUT2D eigenvalue weighted by atomic mass is 10.1. The first-order valence-electron chi connectivity index (χ1n) is 5.42. The second kappa shape index (κ2) is 5.67. The molecule has 2 aromatic carbocycles. The van der Waals surface area contributed by atoms with Crippen LogP contribution in [0.5, 0.6) is 0 Å². The number of nitrogens with zero attached hydrogens (tertiary/aromatic N) is 2. The van der Waals surface area contributed by atoms with Gasteiger partial charge >= 0.3 is 0 Å². The van der Waals surface area contributed by atoms with E-state index in [2.05, 4.69) is 21.2 Å². The third-order valence-electron chi connectivity index (χ3n) is 2.52. The minimum absolute atomic E-state index is 0.0288. The van der Waals surface area contributed by atoms with Crippen molar-refractivity contribution >= 4 is 33.0 Å². The number of nitro benzene ring substituents is 1. The van der Waals surface area contributed by atoms with Crippen molar-refractivity contribution in [3.05, 3.63) is 62.4 Å². The Kier molecular flexibility index (Phi) is 3.96. The highest BCUT2D eigenvalue weighted by molar-refractivity contribution is 9.10. The van der Waals surface area contributed by atoms with Crippen LogP contribution in [0.2, 0.25) is 0 Å². The molecule has 0 aliphatic carbocycles. The van der Waals surface area contributed by atoms with Gasteiger partial charge in [0, 0.05) is 16.2 Å². The summed E-state index contributed by atoms with van der Waals surface area (Å²) in [6, 6.07) is 9.91. The van der Waals surface area contributed by atoms with Crippen molar-refractivity contribution < 1.29 is 9.31 Å². The molecule has 0 amide bonds. The summed E-state index contributed by atoms with van der Waals surface area (Å²) in [4.78, 5) is 10.2. The number of hydrogen-bond acceptors (Lipinski definition) is 4. The third kappa shape index (κ3) is 2.92. The molecule has 7 heteroatoms. The fraction of sp³-hybridized carbons (Fsp3) is 0. The van der Waals surface area contributed by atoms with Crippen LogP contribution in [0.15, 0.2) is 40.9 Å². The Morgan fingerprint density at radius 1 is 1.30 bits per heavy atom. The van der Waals surface area contributed by atoms with Crippen LogP contribution in [-0.2, 0) is 0 Å². The molecule has 0 bridgehead atoms. The monoisotopic (exact) mass is 335 g/mol. The van der Waals surface area contributed by atoms with E-state index in [1.165, 1.54) is 36.4 Å². The highest BCUT2D eigenvalue weighted by Crippen LogP contribution is 2.29. The molecular weight excluding hydrogens is 329 g/mol. The van der Waals surface area contributed by atoms with Crippen LogP contribution >= 0.6 is 15.9 Å². The zero-order valence-electron chi connectivity index (χ0n) is 9.93. The highest BCUT2D eigenvalue weighted by Gasteiger charge is 2.14. The second-order valence-corrected chi connectivity index (χ2v) is 4.70. The van der Waals surface area contributed by atoms with E-state index in [1.807, 2.05) is 0 Å². The van der Waals surface area contributed by atoms with Crippen molar-refractivity contribution in [2.75, 3.05) is 5.32 Å². The second-order valence-electron chi connectivity index (χ2n) is 3.85. The van der Waals surface area contributed by atoms with Crippen LogP contribution in [0, 0.1) is 27.3 Å². The van der Waals surface area contributed by atoms with Crippen molar-refractivity contribution in [1.29, 1.82) is 5.26 Å². The van der Waals surface area contributed by atoms with E-state index >= 15 is 0 Å². The summed E-state index contributed by atoms with van der Waals surface area (Å²) in [5, 5.41) is 22.5. The molecule has 0 fully saturated rings. The Bertz CT molecular complexity index is 728. The zero-order chi connectivity index (χ0) is 14.7. The van der Waals surface area contributed by atoms with Gasteiger partial charge in [0.15, 0.2) is 0 Å². The minimum Gasteiger partial charge on any atom is -0.354 e. The van der Waals surface area contributed by atoms with E-state index in [4.69, 9.17) is 5.26 Å². The third-order valence-corrected chi connectivity index (χ3v) is 3.21. The van der Waals surface area contributed by atoms with Crippen molar-refractivity contribution in [2.45, 2.75) is 0 Å². The summed E-state index contributed by atoms with van der Waals surface area (Å²) in [6.07, 6.45) is 0. The van der Waals surface area contributed by atoms with Crippen molar-refractivity contribution in [2.24, 2.45) is 0 Å². The van der Waals surface area contributed by atoms with Crippen LogP contribution in [-0.4, -0.2) is 4.92 Å². The Hall–Kier alpha value is -2.46. The van der Waals surface area contributed by atoms with Crippen molar-refractivity contribution in [1.82, 2.24) is 0 Å². The van der Waals surface area contributed by atoms with Crippen LogP contribution in [0.4, 0.5) is 21.5 Å². The SMILES string of the molecule is N#Cc1ccc(Nc2cc(F)ccc2Br)cc1[N+](=O)[O-]. The molecule has 0 heterocycles. The van der Waals surface area contributed by atoms with Gasteiger partial charge in [-0.2, -0.15) is 5.26 Å². The molecule has 0 aromatic heterocycles. The highest BCUT2D eigenvalue weighted by atomic mass is 79.9. The molecule has 0 atom stereocenters. The van der Waals surface area contributed by atoms with E-state index in [0.717, 1.165) is 0 Å². The average Bonchev–Trinajstić information content (AvgIpc) is 2.42. The van der Waals surface area contributed by atoms with Crippen molar-refractivity contribution in [3.8, 4) is 6.07 Å². The molecule has 0 spiro atoms. The van der Waals surface area contributed by atoms with Crippen LogP contribution in [0.25, 0.3) is 0 Å². The molecule has 0 aliphatic rings. The van der Waals surface area contributed by atoms with Gasteiger partial charge in [-0.05, 0) is 46.3 Å². The number of hydrogen-bond donors (Lipinski definition) is 1. The Labute approximate surface area is 121 Å². The molecule has 20 heavy (non-hydrogen) atoms. The smallest absolute Gasteiger partial charge is 0.289 e. The van der Waals surface area contributed by atoms with E-state index in [9.17, 15) is 14.5 Å². The van der Waals surface area contributed by atoms with Crippen LogP contribution < -0.4 is 5.32 Å². The van der Waals surface area contributed by atoms with Crippen LogP contribution in [0.3, 0.4) is 0 Å². The van der Waals surface area contributed by atoms with Gasteiger partial charge in [0.25, 0.3) is 5.69 Å². The maximum atomic E-state index is 13.2. The number of nitro groups is 1. The summed E-state index contributed by atoms with van der Waals surface area (Å²) in [6.45, 7) is 0. The minimum atomic E-state index is -0.635. The molecule has 5 nitrogen and oxygen atoms in total. The lowest BCUT2D eigenvalue weighted by molar-refractivity contribution is -0.385. The molecular formula is C13H7BrFN3O2.